The van der Waals surface area contributed by atoms with Gasteiger partial charge < -0.3 is 24.6 Å². The maximum absolute atomic E-state index is 11.8. The van der Waals surface area contributed by atoms with Crippen molar-refractivity contribution in [2.75, 3.05) is 21.3 Å². The number of carbonyl (C=O) groups is 3. The molecule has 0 saturated heterocycles. The number of alkyl carbamates (subject to hydrolysis) is 1. The van der Waals surface area contributed by atoms with Gasteiger partial charge in [-0.3, -0.25) is 15.0 Å². The van der Waals surface area contributed by atoms with E-state index in [-0.39, 0.29) is 18.5 Å². The molecule has 2 N–H and O–H groups in total. The summed E-state index contributed by atoms with van der Waals surface area (Å²) in [5.74, 6) is -0.755. The summed E-state index contributed by atoms with van der Waals surface area (Å²) in [7, 11) is 3.71. The second kappa shape index (κ2) is 19.3. The van der Waals surface area contributed by atoms with Crippen LogP contribution in [0.25, 0.3) is 21.8 Å². The smallest absolute Gasteiger partial charge is 0.407 e. The van der Waals surface area contributed by atoms with Crippen LogP contribution >= 0.6 is 0 Å². The van der Waals surface area contributed by atoms with Crippen LogP contribution in [0, 0.1) is 11.3 Å². The molecule has 4 aromatic heterocycles. The third-order valence-corrected chi connectivity index (χ3v) is 7.74. The number of esters is 2. The molecule has 2 aromatic carbocycles. The Morgan fingerprint density at radius 1 is 0.691 bits per heavy atom. The van der Waals surface area contributed by atoms with Crippen LogP contribution in [0.1, 0.15) is 75.4 Å². The number of fused-ring (bicyclic) bond motifs is 2. The van der Waals surface area contributed by atoms with Crippen molar-refractivity contribution in [2.45, 2.75) is 45.8 Å². The van der Waals surface area contributed by atoms with Gasteiger partial charge in [0.05, 0.1) is 48.6 Å². The van der Waals surface area contributed by atoms with Crippen LogP contribution in [-0.2, 0) is 33.6 Å². The Morgan fingerprint density at radius 3 is 1.69 bits per heavy atom. The van der Waals surface area contributed by atoms with Gasteiger partial charge in [-0.05, 0) is 98.6 Å². The van der Waals surface area contributed by atoms with Gasteiger partial charge in [0.25, 0.3) is 0 Å². The number of nitrogens with one attached hydrogen (secondary N) is 1. The van der Waals surface area contributed by atoms with E-state index in [0.717, 1.165) is 57.1 Å². The minimum atomic E-state index is -0.539. The number of aliphatic hydroxyl groups excluding tert-OH is 1. The quantitative estimate of drug-likeness (QED) is 0.127. The minimum Gasteiger partial charge on any atom is -0.465 e. The second-order valence-electron chi connectivity index (χ2n) is 12.9. The molecule has 13 nitrogen and oxygen atoms in total. The first kappa shape index (κ1) is 41.0. The monoisotopic (exact) mass is 742 g/mol. The first-order valence-corrected chi connectivity index (χ1v) is 17.1. The molecule has 0 aliphatic heterocycles. The highest BCUT2D eigenvalue weighted by molar-refractivity contribution is 5.90. The van der Waals surface area contributed by atoms with Crippen LogP contribution in [0.5, 0.6) is 0 Å². The van der Waals surface area contributed by atoms with Gasteiger partial charge in [-0.25, -0.2) is 19.4 Å². The van der Waals surface area contributed by atoms with E-state index in [2.05, 4.69) is 25.3 Å². The number of nitriles is 1. The molecule has 0 atom stereocenters. The van der Waals surface area contributed by atoms with Crippen LogP contribution < -0.4 is 5.32 Å². The third-order valence-electron chi connectivity index (χ3n) is 7.74. The second-order valence-corrected chi connectivity index (χ2v) is 12.9. The van der Waals surface area contributed by atoms with Crippen molar-refractivity contribution in [1.82, 2.24) is 25.3 Å². The lowest BCUT2D eigenvalue weighted by molar-refractivity contribution is 0.0520. The van der Waals surface area contributed by atoms with Crippen molar-refractivity contribution in [3.63, 3.8) is 0 Å². The summed E-state index contributed by atoms with van der Waals surface area (Å²) in [6.45, 7) is 5.75. The zero-order valence-electron chi connectivity index (χ0n) is 31.5. The van der Waals surface area contributed by atoms with Gasteiger partial charge in [0.2, 0.25) is 0 Å². The van der Waals surface area contributed by atoms with Gasteiger partial charge in [-0.1, -0.05) is 18.2 Å². The van der Waals surface area contributed by atoms with E-state index in [1.165, 1.54) is 14.2 Å². The van der Waals surface area contributed by atoms with Crippen molar-refractivity contribution < 1.29 is 33.7 Å². The number of hydrogen-bond donors (Lipinski definition) is 2. The third kappa shape index (κ3) is 12.1. The Labute approximate surface area is 319 Å². The summed E-state index contributed by atoms with van der Waals surface area (Å²) in [5, 5.41) is 20.5. The number of aliphatic hydroxyl groups is 1. The summed E-state index contributed by atoms with van der Waals surface area (Å²) in [5.41, 5.74) is 6.86. The van der Waals surface area contributed by atoms with E-state index < -0.39 is 11.7 Å². The van der Waals surface area contributed by atoms with Crippen LogP contribution in [0.3, 0.4) is 0 Å². The molecule has 0 radical (unpaired) electrons. The van der Waals surface area contributed by atoms with Crippen molar-refractivity contribution >= 4 is 39.8 Å². The molecule has 6 aromatic rings. The number of amides is 1. The van der Waals surface area contributed by atoms with E-state index in [9.17, 15) is 14.4 Å². The predicted octanol–water partition coefficient (Wildman–Crippen LogP) is 6.52. The Hall–Kier alpha value is -6.78. The predicted molar refractivity (Wildman–Crippen MR) is 206 cm³/mol. The highest BCUT2D eigenvalue weighted by atomic mass is 16.6. The van der Waals surface area contributed by atoms with Crippen LogP contribution in [-0.4, -0.2) is 70.0 Å². The zero-order valence-corrected chi connectivity index (χ0v) is 31.5. The fraction of sp³-hybridized carbons (Fsp3) is 0.238. The number of nitrogens with zero attached hydrogens (tertiary/aromatic N) is 5. The molecule has 0 saturated carbocycles. The maximum Gasteiger partial charge on any atom is 0.407 e. The number of pyridine rings is 4. The number of ether oxygens (including phenoxy) is 3. The van der Waals surface area contributed by atoms with Gasteiger partial charge in [0.1, 0.15) is 17.4 Å². The van der Waals surface area contributed by atoms with Crippen LogP contribution in [0.2, 0.25) is 0 Å². The lowest BCUT2D eigenvalue weighted by Gasteiger charge is -2.19. The summed E-state index contributed by atoms with van der Waals surface area (Å²) in [6.07, 6.45) is 3.92. The standard InChI is InChI=1S/C23H25N3O4.C18H13N3O2.CH4O/c1-23(2,3)30-22(28)25-14-18-7-6-16-11-15(5-8-20(16)26-18)12-19-13-17(9-10-24-19)21(27)29-4;1-23-18(22)14-6-7-20-16(10-14)9-12-2-5-17-13(8-12)3-4-15(11-19)21-17;1-2/h5-11,13H,12,14H2,1-4H3,(H,25,28);2-8,10H,9H2,1H3;2H,1H3. The summed E-state index contributed by atoms with van der Waals surface area (Å²) in [6, 6.07) is 28.0. The largest absolute Gasteiger partial charge is 0.465 e. The van der Waals surface area contributed by atoms with E-state index in [1.807, 2.05) is 81.4 Å². The van der Waals surface area contributed by atoms with E-state index in [0.29, 0.717) is 29.7 Å². The van der Waals surface area contributed by atoms with Crippen LogP contribution in [0.4, 0.5) is 4.79 Å². The van der Waals surface area contributed by atoms with Gasteiger partial charge in [-0.2, -0.15) is 5.26 Å². The molecule has 13 heteroatoms. The SMILES string of the molecule is CO.COC(=O)c1ccnc(Cc2ccc3nc(C#N)ccc3c2)c1.COC(=O)c1ccnc(Cc2ccc3nc(CNC(=O)OC(C)(C)C)ccc3c2)c1. The molecule has 0 bridgehead atoms. The molecule has 0 unspecified atom stereocenters. The summed E-state index contributed by atoms with van der Waals surface area (Å²) in [4.78, 5) is 52.5. The first-order valence-electron chi connectivity index (χ1n) is 17.1. The number of aromatic nitrogens is 4. The normalized spacial score (nSPS) is 10.5. The molecule has 0 fully saturated rings. The number of hydrogen-bond acceptors (Lipinski definition) is 12. The topological polar surface area (TPSA) is 187 Å². The fourth-order valence-electron chi connectivity index (χ4n) is 5.31. The minimum absolute atomic E-state index is 0.289. The van der Waals surface area contributed by atoms with Crippen LogP contribution in [0.15, 0.2) is 97.3 Å². The fourth-order valence-corrected chi connectivity index (χ4v) is 5.31. The van der Waals surface area contributed by atoms with E-state index >= 15 is 0 Å². The highest BCUT2D eigenvalue weighted by Gasteiger charge is 2.16. The number of methoxy groups -OCH3 is 2. The first-order chi connectivity index (χ1) is 26.4. The van der Waals surface area contributed by atoms with Gasteiger partial charge in [0, 0.05) is 54.5 Å². The molecule has 0 spiro atoms. The molecule has 282 valence electrons. The Kier molecular flexibility index (Phi) is 14.4. The molecule has 55 heavy (non-hydrogen) atoms. The average Bonchev–Trinajstić information content (AvgIpc) is 3.19. The molecular formula is C42H42N6O7. The lowest BCUT2D eigenvalue weighted by Crippen LogP contribution is -2.32. The highest BCUT2D eigenvalue weighted by Crippen LogP contribution is 2.19. The molecular weight excluding hydrogens is 700 g/mol. The Balaban J connectivity index is 0.000000241. The van der Waals surface area contributed by atoms with E-state index in [1.54, 1.807) is 42.7 Å². The summed E-state index contributed by atoms with van der Waals surface area (Å²) < 4.78 is 14.7. The Bertz CT molecular complexity index is 2330. The van der Waals surface area contributed by atoms with Gasteiger partial charge in [0.15, 0.2) is 0 Å². The van der Waals surface area contributed by atoms with E-state index in [4.69, 9.17) is 24.6 Å². The van der Waals surface area contributed by atoms with Crippen molar-refractivity contribution in [3.8, 4) is 6.07 Å². The maximum atomic E-state index is 11.8. The van der Waals surface area contributed by atoms with Gasteiger partial charge in [-0.15, -0.1) is 0 Å². The number of rotatable bonds is 8. The average molecular weight is 743 g/mol. The zero-order chi connectivity index (χ0) is 40.0. The number of benzene rings is 2. The van der Waals surface area contributed by atoms with Crippen molar-refractivity contribution in [2.24, 2.45) is 0 Å². The molecule has 0 aliphatic carbocycles. The molecule has 6 rings (SSSR count). The molecule has 1 amide bonds. The summed E-state index contributed by atoms with van der Waals surface area (Å²) >= 11 is 0. The van der Waals surface area contributed by atoms with Crippen molar-refractivity contribution in [3.05, 3.63) is 142 Å². The molecule has 4 heterocycles. The molecule has 0 aliphatic rings. The lowest BCUT2D eigenvalue weighted by atomic mass is 10.0. The van der Waals surface area contributed by atoms with Crippen molar-refractivity contribution in [1.29, 1.82) is 5.26 Å². The van der Waals surface area contributed by atoms with Gasteiger partial charge >= 0.3 is 18.0 Å². The Morgan fingerprint density at radius 2 is 1.20 bits per heavy atom. The number of carbonyl (C=O) groups excluding carboxylic acids is 3.